The molecule has 0 fully saturated rings. The number of carbonyl (C=O) groups excluding carboxylic acids is 2. The highest BCUT2D eigenvalue weighted by Crippen LogP contribution is 2.36. The van der Waals surface area contributed by atoms with Crippen LogP contribution in [0.4, 0.5) is 10.8 Å². The van der Waals surface area contributed by atoms with Crippen LogP contribution < -0.4 is 15.4 Å². The molecule has 1 aliphatic heterocycles. The highest BCUT2D eigenvalue weighted by molar-refractivity contribution is 7.90. The van der Waals surface area contributed by atoms with Crippen LogP contribution in [0.2, 0.25) is 5.02 Å². The Balaban J connectivity index is 1.62. The van der Waals surface area contributed by atoms with Gasteiger partial charge in [0, 0.05) is 11.3 Å². The van der Waals surface area contributed by atoms with E-state index in [9.17, 15) is 18.0 Å². The Labute approximate surface area is 174 Å². The average Bonchev–Trinajstić information content (AvgIpc) is 3.03. The predicted octanol–water partition coefficient (Wildman–Crippen LogP) is 3.08. The Hall–Kier alpha value is -2.69. The first-order chi connectivity index (χ1) is 13.6. The van der Waals surface area contributed by atoms with Crippen LogP contribution in [0.15, 0.2) is 41.3 Å². The summed E-state index contributed by atoms with van der Waals surface area (Å²) in [6.07, 6.45) is 1.11. The van der Waals surface area contributed by atoms with Crippen LogP contribution >= 0.6 is 22.9 Å². The number of hydrogen-bond donors (Lipinski definition) is 2. The van der Waals surface area contributed by atoms with Crippen molar-refractivity contribution < 1.29 is 22.7 Å². The van der Waals surface area contributed by atoms with Crippen molar-refractivity contribution in [2.24, 2.45) is 0 Å². The van der Waals surface area contributed by atoms with Gasteiger partial charge >= 0.3 is 0 Å². The summed E-state index contributed by atoms with van der Waals surface area (Å²) >= 11 is 7.01. The molecule has 0 saturated heterocycles. The van der Waals surface area contributed by atoms with Crippen LogP contribution in [-0.2, 0) is 19.4 Å². The Morgan fingerprint density at radius 2 is 2.03 bits per heavy atom. The molecule has 0 spiro atoms. The lowest BCUT2D eigenvalue weighted by molar-refractivity contribution is -0.143. The molecule has 0 aliphatic carbocycles. The third kappa shape index (κ3) is 3.54. The number of thiazole rings is 1. The first kappa shape index (κ1) is 19.6. The Morgan fingerprint density at radius 3 is 2.76 bits per heavy atom. The molecular formula is C18H14ClN3O5S2. The Bertz CT molecular complexity index is 1290. The van der Waals surface area contributed by atoms with Gasteiger partial charge in [-0.05, 0) is 43.3 Å². The van der Waals surface area contributed by atoms with Gasteiger partial charge in [0.1, 0.15) is 5.75 Å². The number of benzene rings is 2. The van der Waals surface area contributed by atoms with E-state index in [0.29, 0.717) is 26.7 Å². The summed E-state index contributed by atoms with van der Waals surface area (Å²) in [5.74, 6) is -1.04. The van der Waals surface area contributed by atoms with Gasteiger partial charge in [0.2, 0.25) is 0 Å². The normalized spacial score (nSPS) is 18.7. The number of fused-ring (bicyclic) bond motifs is 2. The molecule has 8 nitrogen and oxygen atoms in total. The van der Waals surface area contributed by atoms with Gasteiger partial charge in [0.15, 0.2) is 15.0 Å². The fourth-order valence-electron chi connectivity index (χ4n) is 2.75. The van der Waals surface area contributed by atoms with E-state index in [2.05, 4.69) is 15.6 Å². The second-order valence-electron chi connectivity index (χ2n) is 6.60. The van der Waals surface area contributed by atoms with Gasteiger partial charge in [-0.1, -0.05) is 22.9 Å². The van der Waals surface area contributed by atoms with Crippen molar-refractivity contribution in [3.8, 4) is 5.75 Å². The van der Waals surface area contributed by atoms with Crippen molar-refractivity contribution in [1.29, 1.82) is 0 Å². The van der Waals surface area contributed by atoms with Gasteiger partial charge in [-0.25, -0.2) is 13.4 Å². The number of anilines is 2. The van der Waals surface area contributed by atoms with Crippen molar-refractivity contribution >= 4 is 65.6 Å². The van der Waals surface area contributed by atoms with Crippen molar-refractivity contribution in [3.63, 3.8) is 0 Å². The number of hydrogen-bond acceptors (Lipinski definition) is 7. The quantitative estimate of drug-likeness (QED) is 0.591. The summed E-state index contributed by atoms with van der Waals surface area (Å²) < 4.78 is 29.7. The molecule has 0 bridgehead atoms. The second-order valence-corrected chi connectivity index (χ2v) is 10.1. The largest absolute Gasteiger partial charge is 0.466 e. The number of aromatic nitrogens is 1. The molecule has 11 heteroatoms. The molecule has 2 amide bonds. The van der Waals surface area contributed by atoms with Gasteiger partial charge in [-0.2, -0.15) is 0 Å². The highest BCUT2D eigenvalue weighted by atomic mass is 35.5. The number of amides is 2. The first-order valence-corrected chi connectivity index (χ1v) is 11.4. The third-order valence-electron chi connectivity index (χ3n) is 4.38. The molecule has 1 unspecified atom stereocenters. The van der Waals surface area contributed by atoms with E-state index in [1.165, 1.54) is 25.1 Å². The van der Waals surface area contributed by atoms with Crippen LogP contribution in [0.25, 0.3) is 10.2 Å². The van der Waals surface area contributed by atoms with Gasteiger partial charge in [0.25, 0.3) is 17.4 Å². The zero-order valence-corrected chi connectivity index (χ0v) is 17.5. The lowest BCUT2D eigenvalue weighted by Crippen LogP contribution is -2.56. The molecule has 1 atom stereocenters. The summed E-state index contributed by atoms with van der Waals surface area (Å²) in [5, 5.41) is 5.83. The maximum absolute atomic E-state index is 12.8. The molecular weight excluding hydrogens is 438 g/mol. The fraction of sp³-hybridized carbons (Fsp3) is 0.167. The molecule has 4 rings (SSSR count). The molecule has 2 N–H and O–H groups in total. The number of sulfone groups is 1. The fourth-order valence-corrected chi connectivity index (χ4v) is 4.55. The monoisotopic (exact) mass is 451 g/mol. The zero-order valence-electron chi connectivity index (χ0n) is 15.1. The topological polar surface area (TPSA) is 114 Å². The van der Waals surface area contributed by atoms with Gasteiger partial charge in [-0.3, -0.25) is 14.9 Å². The van der Waals surface area contributed by atoms with Gasteiger partial charge < -0.3 is 10.1 Å². The zero-order chi connectivity index (χ0) is 21.0. The van der Waals surface area contributed by atoms with E-state index in [4.69, 9.17) is 16.3 Å². The summed E-state index contributed by atoms with van der Waals surface area (Å²) in [4.78, 5) is 29.8. The molecule has 3 aromatic rings. The van der Waals surface area contributed by atoms with E-state index >= 15 is 0 Å². The predicted molar refractivity (Wildman–Crippen MR) is 110 cm³/mol. The highest BCUT2D eigenvalue weighted by Gasteiger charge is 2.47. The van der Waals surface area contributed by atoms with E-state index < -0.39 is 27.3 Å². The molecule has 0 radical (unpaired) electrons. The summed E-state index contributed by atoms with van der Waals surface area (Å²) in [7, 11) is -3.36. The number of carbonyl (C=O) groups is 2. The molecule has 150 valence electrons. The van der Waals surface area contributed by atoms with Crippen LogP contribution in [0.3, 0.4) is 0 Å². The summed E-state index contributed by atoms with van der Waals surface area (Å²) in [6, 6.07) is 9.17. The molecule has 1 aliphatic rings. The summed E-state index contributed by atoms with van der Waals surface area (Å²) in [5.41, 5.74) is -0.922. The third-order valence-corrected chi connectivity index (χ3v) is 6.66. The van der Waals surface area contributed by atoms with Crippen LogP contribution in [0, 0.1) is 0 Å². The Morgan fingerprint density at radius 1 is 1.28 bits per heavy atom. The van der Waals surface area contributed by atoms with Crippen molar-refractivity contribution in [2.75, 3.05) is 16.9 Å². The minimum atomic E-state index is -3.36. The molecule has 1 aromatic heterocycles. The lowest BCUT2D eigenvalue weighted by Gasteiger charge is -2.33. The lowest BCUT2D eigenvalue weighted by atomic mass is 10.0. The van der Waals surface area contributed by atoms with Crippen molar-refractivity contribution in [3.05, 3.63) is 41.4 Å². The molecule has 2 heterocycles. The van der Waals surface area contributed by atoms with E-state index in [-0.39, 0.29) is 10.0 Å². The minimum Gasteiger partial charge on any atom is -0.466 e. The second kappa shape index (κ2) is 6.68. The molecule has 0 saturated carbocycles. The standard InChI is InChI=1S/C18H14ClN3O5S2/c1-18(15(23)20-12-7-9(19)3-6-13(12)27-18)16(24)22-17-21-11-5-4-10(29(2,25)26)8-14(11)28-17/h3-8H,1-2H3,(H,20,23)(H,21,22,24). The molecule has 2 aromatic carbocycles. The summed E-state index contributed by atoms with van der Waals surface area (Å²) in [6.45, 7) is 1.35. The smallest absolute Gasteiger partial charge is 0.280 e. The van der Waals surface area contributed by atoms with Crippen LogP contribution in [0.1, 0.15) is 6.92 Å². The van der Waals surface area contributed by atoms with Crippen LogP contribution in [0.5, 0.6) is 5.75 Å². The first-order valence-electron chi connectivity index (χ1n) is 8.28. The number of nitrogens with one attached hydrogen (secondary N) is 2. The number of halogens is 1. The van der Waals surface area contributed by atoms with E-state index in [1.807, 2.05) is 0 Å². The Kier molecular flexibility index (Phi) is 4.52. The maximum atomic E-state index is 12.8. The van der Waals surface area contributed by atoms with Crippen LogP contribution in [-0.4, -0.2) is 37.1 Å². The molecule has 29 heavy (non-hydrogen) atoms. The van der Waals surface area contributed by atoms with Gasteiger partial charge in [0.05, 0.1) is 20.8 Å². The van der Waals surface area contributed by atoms with Crippen molar-refractivity contribution in [1.82, 2.24) is 4.98 Å². The SMILES string of the molecule is CC1(C(=O)Nc2nc3ccc(S(C)(=O)=O)cc3s2)Oc2ccc(Cl)cc2NC1=O. The maximum Gasteiger partial charge on any atom is 0.280 e. The minimum absolute atomic E-state index is 0.156. The number of nitrogens with zero attached hydrogens (tertiary/aromatic N) is 1. The number of rotatable bonds is 3. The average molecular weight is 452 g/mol. The van der Waals surface area contributed by atoms with Gasteiger partial charge in [-0.15, -0.1) is 0 Å². The van der Waals surface area contributed by atoms with Crippen molar-refractivity contribution in [2.45, 2.75) is 17.4 Å². The number of ether oxygens (including phenoxy) is 1. The van der Waals surface area contributed by atoms with E-state index in [0.717, 1.165) is 17.6 Å². The van der Waals surface area contributed by atoms with E-state index in [1.54, 1.807) is 18.2 Å².